The molecule has 0 fully saturated rings. The van der Waals surface area contributed by atoms with E-state index in [1.807, 2.05) is 0 Å². The zero-order valence-electron chi connectivity index (χ0n) is 22.3. The topological polar surface area (TPSA) is 0 Å². The average molecular weight is 560 g/mol. The normalized spacial score (nSPS) is 15.8. The molecular formula is C36H44B2P2. The van der Waals surface area contributed by atoms with Crippen molar-refractivity contribution in [2.45, 2.75) is 51.4 Å². The van der Waals surface area contributed by atoms with Gasteiger partial charge in [-0.3, -0.25) is 0 Å². The van der Waals surface area contributed by atoms with Gasteiger partial charge >= 0.3 is 0 Å². The van der Waals surface area contributed by atoms with E-state index in [0.717, 1.165) is 0 Å². The van der Waals surface area contributed by atoms with Crippen molar-refractivity contribution in [2.24, 2.45) is 0 Å². The highest BCUT2D eigenvalue weighted by atomic mass is 31.2. The fourth-order valence-electron chi connectivity index (χ4n) is 5.32. The highest BCUT2D eigenvalue weighted by molar-refractivity contribution is 8.11. The summed E-state index contributed by atoms with van der Waals surface area (Å²) >= 11 is 0. The summed E-state index contributed by atoms with van der Waals surface area (Å²) in [5.41, 5.74) is 0. The van der Waals surface area contributed by atoms with Gasteiger partial charge in [0.05, 0.1) is 21.2 Å². The molecular weight excluding hydrogens is 516 g/mol. The predicted molar refractivity (Wildman–Crippen MR) is 191 cm³/mol. The summed E-state index contributed by atoms with van der Waals surface area (Å²) in [7, 11) is -1.85. The van der Waals surface area contributed by atoms with Crippen molar-refractivity contribution in [1.82, 2.24) is 0 Å². The molecule has 0 saturated carbocycles. The van der Waals surface area contributed by atoms with Gasteiger partial charge in [0.1, 0.15) is 15.1 Å². The van der Waals surface area contributed by atoms with Crippen LogP contribution in [0.25, 0.3) is 0 Å². The van der Waals surface area contributed by atoms with Crippen LogP contribution in [0.2, 0.25) is 0 Å². The molecule has 0 heterocycles. The zero-order chi connectivity index (χ0) is 27.7. The summed E-state index contributed by atoms with van der Waals surface area (Å²) in [5.74, 6) is 0. The lowest BCUT2D eigenvalue weighted by Crippen LogP contribution is -2.24. The molecule has 2 aliphatic rings. The molecule has 0 amide bonds. The molecule has 0 nitrogen and oxygen atoms in total. The Morgan fingerprint density at radius 3 is 0.875 bits per heavy atom. The van der Waals surface area contributed by atoms with Crippen LogP contribution >= 0.6 is 14.3 Å². The van der Waals surface area contributed by atoms with E-state index in [9.17, 15) is 0 Å². The number of rotatable bonds is 6. The summed E-state index contributed by atoms with van der Waals surface area (Å²) < 4.78 is 0. The molecule has 2 aliphatic carbocycles. The van der Waals surface area contributed by atoms with Crippen molar-refractivity contribution in [3.8, 4) is 0 Å². The van der Waals surface area contributed by atoms with Crippen LogP contribution in [0, 0.1) is 0 Å². The lowest BCUT2D eigenvalue weighted by molar-refractivity contribution is 0.722. The Morgan fingerprint density at radius 1 is 0.375 bits per heavy atom. The van der Waals surface area contributed by atoms with Crippen molar-refractivity contribution in [1.29, 1.82) is 0 Å². The van der Waals surface area contributed by atoms with Gasteiger partial charge in [-0.25, -0.2) is 0 Å². The molecule has 0 aliphatic heterocycles. The number of hydrogen-bond donors (Lipinski definition) is 0. The lowest BCUT2D eigenvalue weighted by atomic mass is 10.1. The zero-order valence-corrected chi connectivity index (χ0v) is 24.0. The molecule has 4 heteroatoms. The third-order valence-corrected chi connectivity index (χ3v) is 12.4. The van der Waals surface area contributed by atoms with Crippen molar-refractivity contribution in [3.63, 3.8) is 0 Å². The van der Waals surface area contributed by atoms with E-state index in [4.69, 9.17) is 0 Å². The average Bonchev–Trinajstić information content (AvgIpc) is 3.07. The quantitative estimate of drug-likeness (QED) is 0.180. The maximum Gasteiger partial charge on any atom is 0.143 e. The maximum absolute atomic E-state index is 2.59. The summed E-state index contributed by atoms with van der Waals surface area (Å²) in [4.78, 5) is 0. The lowest BCUT2D eigenvalue weighted by Gasteiger charge is -2.33. The molecule has 4 aromatic carbocycles. The smallest absolute Gasteiger partial charge is 0.0649 e. The minimum Gasteiger partial charge on any atom is -0.0649 e. The van der Waals surface area contributed by atoms with E-state index in [1.165, 1.54) is 51.4 Å². The van der Waals surface area contributed by atoms with Crippen molar-refractivity contribution in [2.75, 3.05) is 0 Å². The highest BCUT2D eigenvalue weighted by Gasteiger charge is 2.36. The van der Waals surface area contributed by atoms with Crippen LogP contribution in [-0.4, -0.2) is 15.1 Å². The second kappa shape index (κ2) is 13.8. The molecule has 0 spiro atoms. The van der Waals surface area contributed by atoms with E-state index >= 15 is 0 Å². The second-order valence-corrected chi connectivity index (χ2v) is 14.5. The van der Waals surface area contributed by atoms with Crippen LogP contribution in [0.1, 0.15) is 51.4 Å². The molecule has 6 rings (SSSR count). The maximum atomic E-state index is 2.59. The van der Waals surface area contributed by atoms with Gasteiger partial charge in [0.25, 0.3) is 0 Å². The minimum absolute atomic E-state index is 0.213. The molecule has 0 bridgehead atoms. The molecule has 0 atom stereocenters. The molecule has 4 aromatic rings. The fourth-order valence-corrected chi connectivity index (χ4v) is 10.5. The largest absolute Gasteiger partial charge is 0.143 e. The summed E-state index contributed by atoms with van der Waals surface area (Å²) in [6.45, 7) is 0. The van der Waals surface area contributed by atoms with Gasteiger partial charge in [-0.1, -0.05) is 87.1 Å². The van der Waals surface area contributed by atoms with Gasteiger partial charge in [-0.15, -0.1) is 0 Å². The molecule has 0 unspecified atom stereocenters. The van der Waals surface area contributed by atoms with Crippen LogP contribution in [0.3, 0.4) is 0 Å². The van der Waals surface area contributed by atoms with Crippen LogP contribution in [0.4, 0.5) is 0 Å². The van der Waals surface area contributed by atoms with Crippen molar-refractivity contribution >= 4 is 50.6 Å². The van der Waals surface area contributed by atoms with Gasteiger partial charge in [0.15, 0.2) is 0 Å². The van der Waals surface area contributed by atoms with Crippen LogP contribution in [0.15, 0.2) is 144 Å². The van der Waals surface area contributed by atoms with E-state index in [2.05, 4.69) is 133 Å². The molecule has 40 heavy (non-hydrogen) atoms. The molecule has 0 saturated heterocycles. The summed E-state index contributed by atoms with van der Waals surface area (Å²) in [6, 6.07) is 45.4. The first kappa shape index (κ1) is 28.9. The Morgan fingerprint density at radius 2 is 0.650 bits per heavy atom. The van der Waals surface area contributed by atoms with E-state index in [0.29, 0.717) is 0 Å². The first-order valence-electron chi connectivity index (χ1n) is 14.1. The summed E-state index contributed by atoms with van der Waals surface area (Å²) in [6.07, 6.45) is 16.0. The summed E-state index contributed by atoms with van der Waals surface area (Å²) in [5, 5.41) is 10.1. The van der Waals surface area contributed by atoms with E-state index in [-0.39, 0.29) is 15.1 Å². The van der Waals surface area contributed by atoms with Gasteiger partial charge in [-0.05, 0) is 99.2 Å². The Balaban J connectivity index is 0.000000161. The van der Waals surface area contributed by atoms with Crippen LogP contribution < -0.4 is 21.2 Å². The third kappa shape index (κ3) is 6.30. The molecule has 204 valence electrons. The molecule has 0 N–H and O–H groups in total. The van der Waals surface area contributed by atoms with E-state index < -0.39 is 14.3 Å². The third-order valence-electron chi connectivity index (χ3n) is 7.17. The Kier molecular flexibility index (Phi) is 9.97. The van der Waals surface area contributed by atoms with Gasteiger partial charge in [0, 0.05) is 23.5 Å². The highest BCUT2D eigenvalue weighted by Crippen LogP contribution is 2.62. The van der Waals surface area contributed by atoms with E-state index in [1.54, 1.807) is 31.8 Å². The number of benzene rings is 4. The SMILES string of the molecule is [BH3-][P+](C1=CCCCC1)(c1ccccc1)c1ccccc1.[BH3-][P+](C1=CCCCC1)(c1ccccc1)c1ccccc1. The monoisotopic (exact) mass is 560 g/mol. The first-order valence-corrected chi connectivity index (χ1v) is 16.8. The Hall–Kier alpha value is -2.65. The van der Waals surface area contributed by atoms with Gasteiger partial charge in [0.2, 0.25) is 0 Å². The molecule has 0 aromatic heterocycles. The van der Waals surface area contributed by atoms with Crippen LogP contribution in [0.5, 0.6) is 0 Å². The van der Waals surface area contributed by atoms with Gasteiger partial charge in [-0.2, -0.15) is 0 Å². The molecule has 0 radical (unpaired) electrons. The van der Waals surface area contributed by atoms with Gasteiger partial charge < -0.3 is 0 Å². The van der Waals surface area contributed by atoms with Crippen molar-refractivity contribution < 1.29 is 0 Å². The van der Waals surface area contributed by atoms with Crippen molar-refractivity contribution in [3.05, 3.63) is 144 Å². The number of allylic oxidation sites excluding steroid dienone is 4. The van der Waals surface area contributed by atoms with Crippen LogP contribution in [-0.2, 0) is 0 Å². The Bertz CT molecular complexity index is 1210. The minimum atomic E-state index is -1.14. The predicted octanol–water partition coefficient (Wildman–Crippen LogP) is 6.79. The second-order valence-electron chi connectivity index (χ2n) is 9.90. The first-order chi connectivity index (χ1) is 19.6. The fraction of sp³-hybridized carbons (Fsp3) is 0.222. The number of hydrogen-bond acceptors (Lipinski definition) is 0. The standard InChI is InChI=1S/2C18H22BP/c2*19-20(16-10-4-1-5-11-16,17-12-6-2-7-13-17)18-14-8-3-9-15-18/h2*1-2,4-7,10-14H,3,8-9,15H2,19H3. The Labute approximate surface area is 245 Å².